The number of hydrogen-bond donors (Lipinski definition) is 2. The van der Waals surface area contributed by atoms with Gasteiger partial charge in [-0.25, -0.2) is 0 Å². The van der Waals surface area contributed by atoms with Crippen molar-refractivity contribution in [3.63, 3.8) is 0 Å². The fraction of sp³-hybridized carbons (Fsp3) is 0.0833. The van der Waals surface area contributed by atoms with Crippen molar-refractivity contribution in [1.82, 2.24) is 5.32 Å². The molecule has 0 saturated heterocycles. The van der Waals surface area contributed by atoms with Crippen LogP contribution in [0.25, 0.3) is 0 Å². The molecule has 0 saturated carbocycles. The Morgan fingerprint density at radius 1 is 1.19 bits per heavy atom. The van der Waals surface area contributed by atoms with E-state index in [1.54, 1.807) is 12.3 Å². The summed E-state index contributed by atoms with van der Waals surface area (Å²) in [4.78, 5) is 4.36. The molecule has 1 aromatic rings. The average Bonchev–Trinajstić information content (AvgIpc) is 2.46. The highest BCUT2D eigenvalue weighted by Crippen LogP contribution is 2.28. The SMILES string of the molecule is ClC1=CC=NC2=C(N1)Nc1ccccc1C2. The zero-order valence-corrected chi connectivity index (χ0v) is 9.25. The van der Waals surface area contributed by atoms with Gasteiger partial charge >= 0.3 is 0 Å². The summed E-state index contributed by atoms with van der Waals surface area (Å²) in [5, 5.41) is 6.96. The topological polar surface area (TPSA) is 36.4 Å². The number of benzene rings is 1. The van der Waals surface area contributed by atoms with E-state index in [4.69, 9.17) is 11.6 Å². The number of hydrogen-bond acceptors (Lipinski definition) is 3. The second-order valence-corrected chi connectivity index (χ2v) is 4.11. The molecule has 3 rings (SSSR count). The summed E-state index contributed by atoms with van der Waals surface area (Å²) < 4.78 is 0. The normalized spacial score (nSPS) is 17.7. The minimum atomic E-state index is 0.570. The number of allylic oxidation sites excluding steroid dienone is 2. The number of halogens is 1. The predicted molar refractivity (Wildman–Crippen MR) is 66.4 cm³/mol. The molecule has 16 heavy (non-hydrogen) atoms. The number of nitrogens with zero attached hydrogens (tertiary/aromatic N) is 1. The molecule has 0 unspecified atom stereocenters. The summed E-state index contributed by atoms with van der Waals surface area (Å²) in [6, 6.07) is 8.19. The van der Waals surface area contributed by atoms with Gasteiger partial charge < -0.3 is 10.6 Å². The highest BCUT2D eigenvalue weighted by Gasteiger charge is 2.17. The molecule has 4 heteroatoms. The van der Waals surface area contributed by atoms with Gasteiger partial charge in [0.1, 0.15) is 11.0 Å². The van der Waals surface area contributed by atoms with Crippen LogP contribution >= 0.6 is 11.6 Å². The second kappa shape index (κ2) is 3.68. The monoisotopic (exact) mass is 231 g/mol. The van der Waals surface area contributed by atoms with E-state index in [1.807, 2.05) is 18.2 Å². The molecule has 3 nitrogen and oxygen atoms in total. The van der Waals surface area contributed by atoms with Crippen LogP contribution in [0.15, 0.2) is 52.0 Å². The third-order valence-electron chi connectivity index (χ3n) is 2.62. The van der Waals surface area contributed by atoms with Gasteiger partial charge in [0.25, 0.3) is 0 Å². The van der Waals surface area contributed by atoms with Crippen molar-refractivity contribution in [3.05, 3.63) is 52.6 Å². The van der Waals surface area contributed by atoms with E-state index in [2.05, 4.69) is 21.7 Å². The number of fused-ring (bicyclic) bond motifs is 1. The van der Waals surface area contributed by atoms with E-state index in [0.717, 1.165) is 23.6 Å². The minimum absolute atomic E-state index is 0.570. The van der Waals surface area contributed by atoms with Crippen LogP contribution in [0, 0.1) is 0 Å². The Hall–Kier alpha value is -1.74. The first-order valence-corrected chi connectivity index (χ1v) is 5.46. The van der Waals surface area contributed by atoms with E-state index in [0.29, 0.717) is 5.16 Å². The lowest BCUT2D eigenvalue weighted by Gasteiger charge is -2.22. The van der Waals surface area contributed by atoms with Crippen LogP contribution in [0.5, 0.6) is 0 Å². The minimum Gasteiger partial charge on any atom is -0.340 e. The number of anilines is 1. The van der Waals surface area contributed by atoms with E-state index in [-0.39, 0.29) is 0 Å². The molecule has 0 fully saturated rings. The lowest BCUT2D eigenvalue weighted by atomic mass is 10.0. The van der Waals surface area contributed by atoms with Gasteiger partial charge in [0, 0.05) is 18.3 Å². The maximum atomic E-state index is 5.95. The fourth-order valence-electron chi connectivity index (χ4n) is 1.84. The van der Waals surface area contributed by atoms with Gasteiger partial charge in [0.2, 0.25) is 0 Å². The summed E-state index contributed by atoms with van der Waals surface area (Å²) in [6.45, 7) is 0. The zero-order valence-electron chi connectivity index (χ0n) is 8.50. The third-order valence-corrected chi connectivity index (χ3v) is 2.84. The van der Waals surface area contributed by atoms with Crippen molar-refractivity contribution in [2.45, 2.75) is 6.42 Å². The quantitative estimate of drug-likeness (QED) is 0.674. The van der Waals surface area contributed by atoms with Crippen molar-refractivity contribution in [2.24, 2.45) is 4.99 Å². The van der Waals surface area contributed by atoms with Crippen LogP contribution in [0.3, 0.4) is 0 Å². The van der Waals surface area contributed by atoms with Crippen LogP contribution in [0.1, 0.15) is 5.56 Å². The number of nitrogens with one attached hydrogen (secondary N) is 2. The molecule has 2 aliphatic heterocycles. The summed E-state index contributed by atoms with van der Waals surface area (Å²) in [5.41, 5.74) is 3.33. The lowest BCUT2D eigenvalue weighted by Crippen LogP contribution is -2.22. The van der Waals surface area contributed by atoms with Crippen LogP contribution in [-0.4, -0.2) is 6.21 Å². The largest absolute Gasteiger partial charge is 0.340 e. The van der Waals surface area contributed by atoms with E-state index < -0.39 is 0 Å². The van der Waals surface area contributed by atoms with Gasteiger partial charge in [-0.3, -0.25) is 4.99 Å². The summed E-state index contributed by atoms with van der Waals surface area (Å²) >= 11 is 5.95. The number of para-hydroxylation sites is 1. The second-order valence-electron chi connectivity index (χ2n) is 3.70. The Bertz CT molecular complexity index is 529. The van der Waals surface area contributed by atoms with Gasteiger partial charge in [0.05, 0.1) is 5.70 Å². The summed E-state index contributed by atoms with van der Waals surface area (Å²) in [5.74, 6) is 0.869. The predicted octanol–water partition coefficient (Wildman–Crippen LogP) is 2.58. The van der Waals surface area contributed by atoms with E-state index >= 15 is 0 Å². The van der Waals surface area contributed by atoms with Crippen LogP contribution in [0.4, 0.5) is 5.69 Å². The van der Waals surface area contributed by atoms with Gasteiger partial charge in [-0.1, -0.05) is 29.8 Å². The Kier molecular flexibility index (Phi) is 2.18. The molecule has 0 amide bonds. The van der Waals surface area contributed by atoms with Crippen molar-refractivity contribution in [2.75, 3.05) is 5.32 Å². The van der Waals surface area contributed by atoms with Crippen LogP contribution in [0.2, 0.25) is 0 Å². The van der Waals surface area contributed by atoms with Crippen molar-refractivity contribution >= 4 is 23.5 Å². The zero-order chi connectivity index (χ0) is 11.0. The maximum Gasteiger partial charge on any atom is 0.131 e. The van der Waals surface area contributed by atoms with E-state index in [9.17, 15) is 0 Å². The maximum absolute atomic E-state index is 5.95. The Morgan fingerprint density at radius 3 is 3.00 bits per heavy atom. The first-order chi connectivity index (χ1) is 7.83. The molecular weight excluding hydrogens is 222 g/mol. The van der Waals surface area contributed by atoms with Crippen LogP contribution in [-0.2, 0) is 6.42 Å². The molecule has 0 aromatic heterocycles. The highest BCUT2D eigenvalue weighted by molar-refractivity contribution is 6.30. The average molecular weight is 232 g/mol. The molecule has 2 N–H and O–H groups in total. The van der Waals surface area contributed by atoms with Crippen molar-refractivity contribution in [1.29, 1.82) is 0 Å². The molecule has 0 aliphatic carbocycles. The van der Waals surface area contributed by atoms with E-state index in [1.165, 1.54) is 5.56 Å². The Balaban J connectivity index is 2.01. The summed E-state index contributed by atoms with van der Waals surface area (Å²) in [7, 11) is 0. The molecule has 2 aliphatic rings. The Labute approximate surface area is 98.5 Å². The van der Waals surface area contributed by atoms with Gasteiger partial charge in [-0.05, 0) is 17.7 Å². The van der Waals surface area contributed by atoms with Gasteiger partial charge in [-0.15, -0.1) is 0 Å². The highest BCUT2D eigenvalue weighted by atomic mass is 35.5. The molecule has 0 bridgehead atoms. The van der Waals surface area contributed by atoms with Crippen LogP contribution < -0.4 is 10.6 Å². The molecule has 0 spiro atoms. The molecule has 0 radical (unpaired) electrons. The molecule has 80 valence electrons. The molecular formula is C12H10ClN3. The third kappa shape index (κ3) is 1.59. The number of aliphatic imine (C=N–C) groups is 1. The molecule has 1 aromatic carbocycles. The van der Waals surface area contributed by atoms with Crippen molar-refractivity contribution < 1.29 is 0 Å². The molecule has 0 atom stereocenters. The Morgan fingerprint density at radius 2 is 2.06 bits per heavy atom. The van der Waals surface area contributed by atoms with Gasteiger partial charge in [0.15, 0.2) is 0 Å². The summed E-state index contributed by atoms with van der Waals surface area (Å²) in [6.07, 6.45) is 4.28. The van der Waals surface area contributed by atoms with Crippen molar-refractivity contribution in [3.8, 4) is 0 Å². The van der Waals surface area contributed by atoms with Gasteiger partial charge in [-0.2, -0.15) is 0 Å². The lowest BCUT2D eigenvalue weighted by molar-refractivity contribution is 0.938. The first-order valence-electron chi connectivity index (χ1n) is 5.08. The first kappa shape index (κ1) is 9.48. The number of rotatable bonds is 0. The fourth-order valence-corrected chi connectivity index (χ4v) is 1.99. The smallest absolute Gasteiger partial charge is 0.131 e. The molecule has 2 heterocycles. The standard InChI is InChI=1S/C12H10ClN3/c13-11-5-6-14-10-7-8-3-1-2-4-9(8)15-12(10)16-11/h1-6,15-16H,7H2.